The summed E-state index contributed by atoms with van der Waals surface area (Å²) in [4.78, 5) is 59.3. The Bertz CT molecular complexity index is 1420. The Morgan fingerprint density at radius 2 is 1.91 bits per heavy atom. The van der Waals surface area contributed by atoms with Gasteiger partial charge in [-0.25, -0.2) is 23.7 Å². The minimum absolute atomic E-state index is 0.0137. The summed E-state index contributed by atoms with van der Waals surface area (Å²) in [5.74, 6) is -0.378. The highest BCUT2D eigenvalue weighted by Crippen LogP contribution is 2.25. The van der Waals surface area contributed by atoms with Gasteiger partial charge in [-0.3, -0.25) is 9.59 Å². The number of ether oxygens (including phenoxy) is 2. The van der Waals surface area contributed by atoms with Crippen LogP contribution in [0.15, 0.2) is 39.9 Å². The molecular weight excluding hydrogens is 452 g/mol. The third-order valence-corrected chi connectivity index (χ3v) is 6.26. The highest BCUT2D eigenvalue weighted by Gasteiger charge is 2.27. The number of aryl methyl sites for hydroxylation is 1. The van der Waals surface area contributed by atoms with E-state index in [1.807, 2.05) is 0 Å². The van der Waals surface area contributed by atoms with Crippen LogP contribution in [0.3, 0.4) is 0 Å². The number of aromatic nitrogens is 3. The average molecular weight is 481 g/mol. The largest absolute Gasteiger partial charge is 0.495 e. The van der Waals surface area contributed by atoms with E-state index in [4.69, 9.17) is 9.47 Å². The first kappa shape index (κ1) is 24.2. The maximum atomic E-state index is 13.8. The third-order valence-electron chi connectivity index (χ3n) is 6.26. The molecule has 1 aliphatic rings. The predicted molar refractivity (Wildman–Crippen MR) is 129 cm³/mol. The standard InChI is InChI=1S/C25H28N4O6/c1-15-8-7-11-27(13-15)20(30)14-28-23(31)21-17(24(32)35-4)12-16(2)26-22(21)29(25(28)33)18-9-5-6-10-19(18)34-3/h5-6,9-10,12,15H,7-8,11,13-14H2,1-4H3/t15-/m1/s1. The van der Waals surface area contributed by atoms with Crippen molar-refractivity contribution in [3.8, 4) is 11.4 Å². The lowest BCUT2D eigenvalue weighted by atomic mass is 10.0. The molecule has 1 fully saturated rings. The van der Waals surface area contributed by atoms with Gasteiger partial charge in [0.2, 0.25) is 5.91 Å². The molecule has 1 aromatic carbocycles. The Balaban J connectivity index is 2.03. The maximum absolute atomic E-state index is 13.8. The summed E-state index contributed by atoms with van der Waals surface area (Å²) in [5, 5.41) is -0.104. The molecule has 1 saturated heterocycles. The fourth-order valence-electron chi connectivity index (χ4n) is 4.56. The zero-order chi connectivity index (χ0) is 25.3. The Kier molecular flexibility index (Phi) is 6.72. The summed E-state index contributed by atoms with van der Waals surface area (Å²) in [6.07, 6.45) is 1.88. The van der Waals surface area contributed by atoms with Crippen molar-refractivity contribution in [2.75, 3.05) is 27.3 Å². The van der Waals surface area contributed by atoms with Crippen molar-refractivity contribution >= 4 is 22.9 Å². The van der Waals surface area contributed by atoms with Crippen LogP contribution in [0.2, 0.25) is 0 Å². The monoisotopic (exact) mass is 480 g/mol. The van der Waals surface area contributed by atoms with Gasteiger partial charge in [0.15, 0.2) is 5.65 Å². The molecule has 0 unspecified atom stereocenters. The number of fused-ring (bicyclic) bond motifs is 1. The Hall–Kier alpha value is -3.95. The second kappa shape index (κ2) is 9.73. The molecule has 1 amide bonds. The first-order chi connectivity index (χ1) is 16.8. The molecule has 0 saturated carbocycles. The number of rotatable bonds is 5. The van der Waals surface area contributed by atoms with Crippen molar-refractivity contribution in [1.29, 1.82) is 0 Å². The number of para-hydroxylation sites is 2. The van der Waals surface area contributed by atoms with E-state index in [-0.39, 0.29) is 22.5 Å². The zero-order valence-corrected chi connectivity index (χ0v) is 20.2. The van der Waals surface area contributed by atoms with Gasteiger partial charge in [-0.15, -0.1) is 0 Å². The lowest BCUT2D eigenvalue weighted by Crippen LogP contribution is -2.47. The second-order valence-corrected chi connectivity index (χ2v) is 8.77. The molecule has 10 heteroatoms. The molecule has 0 aliphatic carbocycles. The van der Waals surface area contributed by atoms with E-state index in [1.54, 1.807) is 36.1 Å². The van der Waals surface area contributed by atoms with Crippen LogP contribution in [0.1, 0.15) is 35.8 Å². The fourth-order valence-corrected chi connectivity index (χ4v) is 4.56. The van der Waals surface area contributed by atoms with Crippen LogP contribution in [-0.2, 0) is 16.1 Å². The van der Waals surface area contributed by atoms with Gasteiger partial charge in [-0.05, 0) is 43.9 Å². The van der Waals surface area contributed by atoms with Gasteiger partial charge in [-0.2, -0.15) is 0 Å². The Morgan fingerprint density at radius 1 is 1.17 bits per heavy atom. The molecule has 1 aliphatic heterocycles. The highest BCUT2D eigenvalue weighted by atomic mass is 16.5. The molecule has 2 aromatic heterocycles. The highest BCUT2D eigenvalue weighted by molar-refractivity contribution is 6.02. The van der Waals surface area contributed by atoms with Gasteiger partial charge < -0.3 is 14.4 Å². The summed E-state index contributed by atoms with van der Waals surface area (Å²) in [7, 11) is 2.67. The molecule has 0 bridgehead atoms. The van der Waals surface area contributed by atoms with E-state index in [0.29, 0.717) is 36.1 Å². The number of carbonyl (C=O) groups excluding carboxylic acids is 2. The summed E-state index contributed by atoms with van der Waals surface area (Å²) < 4.78 is 12.4. The predicted octanol–water partition coefficient (Wildman–Crippen LogP) is 1.91. The van der Waals surface area contributed by atoms with Gasteiger partial charge in [0.05, 0.1) is 30.9 Å². The number of pyridine rings is 1. The van der Waals surface area contributed by atoms with Gasteiger partial charge in [-0.1, -0.05) is 19.1 Å². The number of benzene rings is 1. The third kappa shape index (κ3) is 4.43. The van der Waals surface area contributed by atoms with Crippen LogP contribution in [0.4, 0.5) is 0 Å². The number of piperidine rings is 1. The lowest BCUT2D eigenvalue weighted by molar-refractivity contribution is -0.133. The SMILES string of the molecule is COC(=O)c1cc(C)nc2c1c(=O)n(CC(=O)N1CCC[C@@H](C)C1)c(=O)n2-c1ccccc1OC. The summed E-state index contributed by atoms with van der Waals surface area (Å²) >= 11 is 0. The first-order valence-corrected chi connectivity index (χ1v) is 11.4. The van der Waals surface area contributed by atoms with Crippen LogP contribution < -0.4 is 16.0 Å². The van der Waals surface area contributed by atoms with Crippen LogP contribution in [0.25, 0.3) is 16.7 Å². The molecule has 10 nitrogen and oxygen atoms in total. The van der Waals surface area contributed by atoms with Crippen molar-refractivity contribution in [1.82, 2.24) is 19.0 Å². The molecule has 0 radical (unpaired) electrons. The van der Waals surface area contributed by atoms with Crippen molar-refractivity contribution < 1.29 is 19.1 Å². The number of hydrogen-bond donors (Lipinski definition) is 0. The van der Waals surface area contributed by atoms with E-state index in [1.165, 1.54) is 24.9 Å². The van der Waals surface area contributed by atoms with Gasteiger partial charge in [0, 0.05) is 18.8 Å². The minimum atomic E-state index is -0.776. The van der Waals surface area contributed by atoms with E-state index < -0.39 is 23.8 Å². The second-order valence-electron chi connectivity index (χ2n) is 8.77. The fraction of sp³-hybridized carbons (Fsp3) is 0.400. The maximum Gasteiger partial charge on any atom is 0.338 e. The average Bonchev–Trinajstić information content (AvgIpc) is 2.85. The Labute approximate surface area is 201 Å². The molecule has 3 heterocycles. The topological polar surface area (TPSA) is 113 Å². The van der Waals surface area contributed by atoms with Crippen molar-refractivity contribution in [2.45, 2.75) is 33.2 Å². The van der Waals surface area contributed by atoms with Crippen molar-refractivity contribution in [2.24, 2.45) is 5.92 Å². The smallest absolute Gasteiger partial charge is 0.338 e. The van der Waals surface area contributed by atoms with Gasteiger partial charge >= 0.3 is 11.7 Å². The zero-order valence-electron chi connectivity index (χ0n) is 20.2. The number of methoxy groups -OCH3 is 2. The van der Waals surface area contributed by atoms with Crippen molar-refractivity contribution in [3.63, 3.8) is 0 Å². The van der Waals surface area contributed by atoms with E-state index in [2.05, 4.69) is 11.9 Å². The quantitative estimate of drug-likeness (QED) is 0.513. The number of hydrogen-bond acceptors (Lipinski definition) is 7. The minimum Gasteiger partial charge on any atom is -0.495 e. The van der Waals surface area contributed by atoms with Crippen LogP contribution >= 0.6 is 0 Å². The molecule has 184 valence electrons. The molecule has 4 rings (SSSR count). The molecule has 0 spiro atoms. The van der Waals surface area contributed by atoms with E-state index in [0.717, 1.165) is 17.4 Å². The molecule has 3 aromatic rings. The van der Waals surface area contributed by atoms with Gasteiger partial charge in [0.1, 0.15) is 12.3 Å². The number of esters is 1. The summed E-state index contributed by atoms with van der Waals surface area (Å²) in [6, 6.07) is 8.20. The Morgan fingerprint density at radius 3 is 2.60 bits per heavy atom. The van der Waals surface area contributed by atoms with Gasteiger partial charge in [0.25, 0.3) is 5.56 Å². The number of nitrogens with zero attached hydrogens (tertiary/aromatic N) is 4. The van der Waals surface area contributed by atoms with E-state index >= 15 is 0 Å². The van der Waals surface area contributed by atoms with Crippen LogP contribution in [0, 0.1) is 12.8 Å². The number of amides is 1. The number of likely N-dealkylation sites (tertiary alicyclic amines) is 1. The van der Waals surface area contributed by atoms with Crippen molar-refractivity contribution in [3.05, 3.63) is 62.4 Å². The molecule has 35 heavy (non-hydrogen) atoms. The summed E-state index contributed by atoms with van der Waals surface area (Å²) in [6.45, 7) is 4.39. The molecule has 0 N–H and O–H groups in total. The summed E-state index contributed by atoms with van der Waals surface area (Å²) in [5.41, 5.74) is -0.832. The normalized spacial score (nSPS) is 15.8. The first-order valence-electron chi connectivity index (χ1n) is 11.4. The van der Waals surface area contributed by atoms with Crippen LogP contribution in [-0.4, -0.2) is 58.2 Å². The van der Waals surface area contributed by atoms with Crippen LogP contribution in [0.5, 0.6) is 5.75 Å². The van der Waals surface area contributed by atoms with E-state index in [9.17, 15) is 19.2 Å². The molecule has 1 atom stereocenters. The molecular formula is C25H28N4O6. The lowest BCUT2D eigenvalue weighted by Gasteiger charge is -2.31. The number of carbonyl (C=O) groups is 2.